The van der Waals surface area contributed by atoms with E-state index < -0.39 is 0 Å². The van der Waals surface area contributed by atoms with Gasteiger partial charge in [-0.2, -0.15) is 0 Å². The lowest BCUT2D eigenvalue weighted by molar-refractivity contribution is -0.717. The average Bonchev–Trinajstić information content (AvgIpc) is 2.97. The molecule has 2 N–H and O–H groups in total. The van der Waals surface area contributed by atoms with Crippen molar-refractivity contribution < 1.29 is 5.32 Å². The fourth-order valence-corrected chi connectivity index (χ4v) is 3.45. The third-order valence-electron chi connectivity index (χ3n) is 3.84. The highest BCUT2D eigenvalue weighted by atomic mass is 32.1. The van der Waals surface area contributed by atoms with Gasteiger partial charge in [-0.15, -0.1) is 11.3 Å². The Morgan fingerprint density at radius 3 is 2.77 bits per heavy atom. The van der Waals surface area contributed by atoms with Gasteiger partial charge in [0.05, 0.1) is 0 Å². The Hall–Kier alpha value is -1.98. The van der Waals surface area contributed by atoms with Gasteiger partial charge >= 0.3 is 0 Å². The zero-order valence-electron chi connectivity index (χ0n) is 12.8. The number of rotatable bonds is 5. The van der Waals surface area contributed by atoms with Crippen LogP contribution < -0.4 is 10.9 Å². The number of thiazole rings is 1. The third-order valence-corrected chi connectivity index (χ3v) is 4.60. The van der Waals surface area contributed by atoms with Gasteiger partial charge in [0.2, 0.25) is 0 Å². The molecule has 0 spiro atoms. The van der Waals surface area contributed by atoms with Crippen LogP contribution in [0.3, 0.4) is 0 Å². The lowest BCUT2D eigenvalue weighted by atomic mass is 9.96. The van der Waals surface area contributed by atoms with Crippen molar-refractivity contribution >= 4 is 16.3 Å². The van der Waals surface area contributed by atoms with E-state index >= 15 is 0 Å². The summed E-state index contributed by atoms with van der Waals surface area (Å²) in [6, 6.07) is 12.5. The van der Waals surface area contributed by atoms with Crippen molar-refractivity contribution in [1.82, 2.24) is 9.38 Å². The molecule has 2 aromatic heterocycles. The van der Waals surface area contributed by atoms with E-state index in [1.165, 1.54) is 16.9 Å². The highest BCUT2D eigenvalue weighted by Crippen LogP contribution is 2.17. The molecule has 4 nitrogen and oxygen atoms in total. The van der Waals surface area contributed by atoms with Gasteiger partial charge in [-0.05, 0) is 0 Å². The highest BCUT2D eigenvalue weighted by molar-refractivity contribution is 7.15. The predicted octanol–water partition coefficient (Wildman–Crippen LogP) is 2.22. The third kappa shape index (κ3) is 3.10. The zero-order valence-corrected chi connectivity index (χ0v) is 13.6. The maximum atomic E-state index is 12.0. The Labute approximate surface area is 133 Å². The van der Waals surface area contributed by atoms with Gasteiger partial charge in [-0.1, -0.05) is 44.2 Å². The van der Waals surface area contributed by atoms with E-state index in [4.69, 9.17) is 0 Å². The van der Waals surface area contributed by atoms with Gasteiger partial charge in [0.25, 0.3) is 5.56 Å². The van der Waals surface area contributed by atoms with Gasteiger partial charge in [0, 0.05) is 29.1 Å². The summed E-state index contributed by atoms with van der Waals surface area (Å²) in [6.07, 6.45) is 1.77. The van der Waals surface area contributed by atoms with Gasteiger partial charge < -0.3 is 5.32 Å². The molecule has 3 aromatic rings. The number of aromatic nitrogens is 2. The molecule has 0 unspecified atom stereocenters. The van der Waals surface area contributed by atoms with Crippen LogP contribution in [0.15, 0.2) is 52.8 Å². The summed E-state index contributed by atoms with van der Waals surface area (Å²) in [6.45, 7) is 5.15. The maximum absolute atomic E-state index is 12.0. The molecule has 0 aliphatic rings. The van der Waals surface area contributed by atoms with Crippen LogP contribution in [0.4, 0.5) is 0 Å². The fourth-order valence-electron chi connectivity index (χ4n) is 2.71. The maximum Gasteiger partial charge on any atom is 0.258 e. The minimum atomic E-state index is -0.00421. The van der Waals surface area contributed by atoms with Crippen LogP contribution in [-0.2, 0) is 6.54 Å². The average molecular weight is 314 g/mol. The minimum Gasteiger partial charge on any atom is -0.335 e. The number of quaternary nitrogens is 1. The second-order valence-electron chi connectivity index (χ2n) is 5.76. The Balaban J connectivity index is 1.80. The van der Waals surface area contributed by atoms with E-state index in [9.17, 15) is 4.79 Å². The predicted molar refractivity (Wildman–Crippen MR) is 89.0 cm³/mol. The molecule has 0 aliphatic heterocycles. The molecule has 0 radical (unpaired) electrons. The molecule has 2 heterocycles. The molecule has 1 atom stereocenters. The molecule has 0 bridgehead atoms. The molecule has 5 heteroatoms. The lowest BCUT2D eigenvalue weighted by Gasteiger charge is -2.19. The van der Waals surface area contributed by atoms with Crippen molar-refractivity contribution in [2.45, 2.75) is 26.4 Å². The first-order valence-electron chi connectivity index (χ1n) is 7.49. The second kappa shape index (κ2) is 6.42. The van der Waals surface area contributed by atoms with Crippen LogP contribution in [0, 0.1) is 5.92 Å². The number of hydrogen-bond donors (Lipinski definition) is 1. The minimum absolute atomic E-state index is 0.00421. The molecule has 0 amide bonds. The van der Waals surface area contributed by atoms with Gasteiger partial charge in [0.15, 0.2) is 4.96 Å². The summed E-state index contributed by atoms with van der Waals surface area (Å²) in [5.74, 6) is 0.508. The molecule has 0 saturated heterocycles. The van der Waals surface area contributed by atoms with Crippen LogP contribution in [0.2, 0.25) is 0 Å². The van der Waals surface area contributed by atoms with E-state index in [2.05, 4.69) is 48.4 Å². The van der Waals surface area contributed by atoms with Gasteiger partial charge in [-0.25, -0.2) is 4.98 Å². The highest BCUT2D eigenvalue weighted by Gasteiger charge is 2.19. The number of nitrogens with two attached hydrogens (primary N) is 1. The quantitative estimate of drug-likeness (QED) is 0.785. The Bertz CT molecular complexity index is 807. The van der Waals surface area contributed by atoms with E-state index in [1.54, 1.807) is 16.7 Å². The largest absolute Gasteiger partial charge is 0.335 e. The molecule has 3 rings (SSSR count). The van der Waals surface area contributed by atoms with E-state index in [1.807, 2.05) is 11.4 Å². The van der Waals surface area contributed by atoms with Crippen molar-refractivity contribution in [2.75, 3.05) is 0 Å². The molecular weight excluding hydrogens is 294 g/mol. The van der Waals surface area contributed by atoms with Crippen molar-refractivity contribution in [3.63, 3.8) is 0 Å². The first-order chi connectivity index (χ1) is 10.6. The molecule has 22 heavy (non-hydrogen) atoms. The van der Waals surface area contributed by atoms with Crippen molar-refractivity contribution in [3.05, 3.63) is 69.6 Å². The molecule has 1 aromatic carbocycles. The smallest absolute Gasteiger partial charge is 0.258 e. The van der Waals surface area contributed by atoms with Crippen LogP contribution in [0.5, 0.6) is 0 Å². The van der Waals surface area contributed by atoms with Gasteiger partial charge in [-0.3, -0.25) is 9.20 Å². The monoisotopic (exact) mass is 314 g/mol. The summed E-state index contributed by atoms with van der Waals surface area (Å²) in [5.41, 5.74) is 2.15. The van der Waals surface area contributed by atoms with E-state index in [0.29, 0.717) is 18.5 Å². The summed E-state index contributed by atoms with van der Waals surface area (Å²) < 4.78 is 1.59. The van der Waals surface area contributed by atoms with Crippen LogP contribution in [0.1, 0.15) is 31.1 Å². The first kappa shape index (κ1) is 14.9. The number of fused-ring (bicyclic) bond motifs is 1. The van der Waals surface area contributed by atoms with Crippen molar-refractivity contribution in [2.24, 2.45) is 5.92 Å². The Kier molecular flexibility index (Phi) is 4.36. The van der Waals surface area contributed by atoms with Crippen LogP contribution >= 0.6 is 11.3 Å². The Morgan fingerprint density at radius 1 is 1.27 bits per heavy atom. The van der Waals surface area contributed by atoms with Gasteiger partial charge in [0.1, 0.15) is 18.3 Å². The van der Waals surface area contributed by atoms with Crippen molar-refractivity contribution in [1.29, 1.82) is 0 Å². The molecule has 0 saturated carbocycles. The van der Waals surface area contributed by atoms with Crippen LogP contribution in [0.25, 0.3) is 4.96 Å². The second-order valence-corrected chi connectivity index (χ2v) is 6.63. The van der Waals surface area contributed by atoms with E-state index in [0.717, 1.165) is 10.7 Å². The summed E-state index contributed by atoms with van der Waals surface area (Å²) >= 11 is 1.49. The van der Waals surface area contributed by atoms with Crippen molar-refractivity contribution in [3.8, 4) is 0 Å². The molecule has 0 aliphatic carbocycles. The number of benzene rings is 1. The molecule has 114 valence electrons. The summed E-state index contributed by atoms with van der Waals surface area (Å²) in [7, 11) is 0. The standard InChI is InChI=1S/C17H19N3OS/c1-12(2)16(13-6-4-3-5-7-13)18-11-14-10-15(21)20-8-9-22-17(20)19-14/h3-10,12,16,18H,11H2,1-2H3/p+1/t16-/m0/s1. The molecule has 0 fully saturated rings. The number of hydrogen-bond acceptors (Lipinski definition) is 3. The topological polar surface area (TPSA) is 51.0 Å². The fraction of sp³-hybridized carbons (Fsp3) is 0.294. The number of nitrogens with zero attached hydrogens (tertiary/aromatic N) is 2. The summed E-state index contributed by atoms with van der Waals surface area (Å²) in [5, 5.41) is 4.16. The lowest BCUT2D eigenvalue weighted by Crippen LogP contribution is -2.84. The Morgan fingerprint density at radius 2 is 2.05 bits per heavy atom. The first-order valence-corrected chi connectivity index (χ1v) is 8.37. The summed E-state index contributed by atoms with van der Waals surface area (Å²) in [4.78, 5) is 17.4. The normalized spacial score (nSPS) is 12.9. The molecular formula is C17H20N3OS+. The zero-order chi connectivity index (χ0) is 15.5. The van der Waals surface area contributed by atoms with E-state index in [-0.39, 0.29) is 5.56 Å². The van der Waals surface area contributed by atoms with Crippen LogP contribution in [-0.4, -0.2) is 9.38 Å². The SMILES string of the molecule is CC(C)[C@H]([NH2+]Cc1cc(=O)n2ccsc2n1)c1ccccc1.